The Morgan fingerprint density at radius 3 is 2.43 bits per heavy atom. The van der Waals surface area contributed by atoms with E-state index in [9.17, 15) is 14.4 Å². The van der Waals surface area contributed by atoms with Gasteiger partial charge < -0.3 is 19.5 Å². The molecule has 0 saturated heterocycles. The van der Waals surface area contributed by atoms with E-state index in [2.05, 4.69) is 5.32 Å². The topological polar surface area (TPSA) is 90.9 Å². The van der Waals surface area contributed by atoms with Crippen molar-refractivity contribution in [3.05, 3.63) is 23.8 Å². The molecular weight excluding hydrogens is 302 g/mol. The maximum atomic E-state index is 11.6. The first-order chi connectivity index (χ1) is 10.7. The molecule has 1 rings (SSSR count). The summed E-state index contributed by atoms with van der Waals surface area (Å²) in [4.78, 5) is 33.8. The number of amides is 1. The summed E-state index contributed by atoms with van der Waals surface area (Å²) in [6.07, 6.45) is 0.675. The SMILES string of the molecule is COc1cc(C=O)ccc1OCC(=O)OCC(=O)NC(C)(C)C. The van der Waals surface area contributed by atoms with Crippen molar-refractivity contribution in [3.63, 3.8) is 0 Å². The Kier molecular flexibility index (Phi) is 6.56. The third-order valence-corrected chi connectivity index (χ3v) is 2.55. The van der Waals surface area contributed by atoms with Crippen LogP contribution < -0.4 is 14.8 Å². The predicted molar refractivity (Wildman–Crippen MR) is 82.7 cm³/mol. The van der Waals surface area contributed by atoms with Gasteiger partial charge in [-0.1, -0.05) is 0 Å². The first kappa shape index (κ1) is 18.5. The van der Waals surface area contributed by atoms with E-state index >= 15 is 0 Å². The molecule has 0 saturated carbocycles. The molecule has 7 heteroatoms. The lowest BCUT2D eigenvalue weighted by Gasteiger charge is -2.20. The van der Waals surface area contributed by atoms with Gasteiger partial charge in [0.1, 0.15) is 6.29 Å². The fourth-order valence-corrected chi connectivity index (χ4v) is 1.66. The van der Waals surface area contributed by atoms with Crippen LogP contribution in [0.15, 0.2) is 18.2 Å². The van der Waals surface area contributed by atoms with Gasteiger partial charge in [0.25, 0.3) is 5.91 Å². The molecule has 0 unspecified atom stereocenters. The zero-order chi connectivity index (χ0) is 17.5. The second-order valence-corrected chi connectivity index (χ2v) is 5.78. The summed E-state index contributed by atoms with van der Waals surface area (Å²) in [6, 6.07) is 4.54. The predicted octanol–water partition coefficient (Wildman–Crippen LogP) is 1.34. The standard InChI is InChI=1S/C16H21NO6/c1-16(2,3)17-14(19)9-23-15(20)10-22-12-6-5-11(8-18)7-13(12)21-4/h5-8H,9-10H2,1-4H3,(H,17,19). The van der Waals surface area contributed by atoms with Gasteiger partial charge in [-0.05, 0) is 39.0 Å². The zero-order valence-corrected chi connectivity index (χ0v) is 13.7. The van der Waals surface area contributed by atoms with Crippen molar-refractivity contribution in [1.29, 1.82) is 0 Å². The molecule has 0 spiro atoms. The molecule has 0 aliphatic rings. The summed E-state index contributed by atoms with van der Waals surface area (Å²) in [7, 11) is 1.42. The van der Waals surface area contributed by atoms with Crippen LogP contribution in [0.25, 0.3) is 0 Å². The number of rotatable bonds is 7. The minimum absolute atomic E-state index is 0.300. The molecule has 126 valence electrons. The van der Waals surface area contributed by atoms with Crippen LogP contribution >= 0.6 is 0 Å². The van der Waals surface area contributed by atoms with E-state index in [1.54, 1.807) is 0 Å². The number of ether oxygens (including phenoxy) is 3. The van der Waals surface area contributed by atoms with E-state index in [4.69, 9.17) is 14.2 Å². The van der Waals surface area contributed by atoms with Gasteiger partial charge in [0.2, 0.25) is 0 Å². The highest BCUT2D eigenvalue weighted by molar-refractivity contribution is 5.81. The Balaban J connectivity index is 2.47. The molecule has 0 radical (unpaired) electrons. The molecule has 1 aromatic carbocycles. The van der Waals surface area contributed by atoms with Crippen molar-refractivity contribution in [2.45, 2.75) is 26.3 Å². The fourth-order valence-electron chi connectivity index (χ4n) is 1.66. The van der Waals surface area contributed by atoms with Gasteiger partial charge >= 0.3 is 5.97 Å². The monoisotopic (exact) mass is 323 g/mol. The molecular formula is C16H21NO6. The van der Waals surface area contributed by atoms with Crippen LogP contribution in [0.3, 0.4) is 0 Å². The molecule has 0 aromatic heterocycles. The summed E-state index contributed by atoms with van der Waals surface area (Å²) < 4.78 is 15.2. The number of hydrogen-bond acceptors (Lipinski definition) is 6. The minimum Gasteiger partial charge on any atom is -0.493 e. The Morgan fingerprint density at radius 2 is 1.87 bits per heavy atom. The van der Waals surface area contributed by atoms with E-state index in [1.165, 1.54) is 25.3 Å². The van der Waals surface area contributed by atoms with Crippen molar-refractivity contribution in [1.82, 2.24) is 5.32 Å². The van der Waals surface area contributed by atoms with Crippen molar-refractivity contribution in [2.24, 2.45) is 0 Å². The number of hydrogen-bond donors (Lipinski definition) is 1. The number of carbonyl (C=O) groups excluding carboxylic acids is 3. The molecule has 0 atom stereocenters. The second kappa shape index (κ2) is 8.17. The van der Waals surface area contributed by atoms with Gasteiger partial charge in [-0.3, -0.25) is 9.59 Å². The highest BCUT2D eigenvalue weighted by Crippen LogP contribution is 2.27. The van der Waals surface area contributed by atoms with Gasteiger partial charge in [-0.25, -0.2) is 4.79 Å². The van der Waals surface area contributed by atoms with Crippen LogP contribution in [0, 0.1) is 0 Å². The molecule has 1 N–H and O–H groups in total. The Labute approximate surface area is 134 Å². The average molecular weight is 323 g/mol. The summed E-state index contributed by atoms with van der Waals surface area (Å²) in [6.45, 7) is 4.72. The van der Waals surface area contributed by atoms with Gasteiger partial charge in [-0.15, -0.1) is 0 Å². The normalized spacial score (nSPS) is 10.6. The van der Waals surface area contributed by atoms with Crippen LogP contribution in [0.1, 0.15) is 31.1 Å². The lowest BCUT2D eigenvalue weighted by atomic mass is 10.1. The van der Waals surface area contributed by atoms with Crippen LogP contribution in [0.5, 0.6) is 11.5 Å². The van der Waals surface area contributed by atoms with Gasteiger partial charge in [-0.2, -0.15) is 0 Å². The first-order valence-electron chi connectivity index (χ1n) is 6.98. The van der Waals surface area contributed by atoms with Crippen molar-refractivity contribution in [2.75, 3.05) is 20.3 Å². The number of nitrogens with one attached hydrogen (secondary N) is 1. The molecule has 7 nitrogen and oxygen atoms in total. The molecule has 0 aliphatic carbocycles. The van der Waals surface area contributed by atoms with Gasteiger partial charge in [0, 0.05) is 11.1 Å². The number of aldehydes is 1. The summed E-state index contributed by atoms with van der Waals surface area (Å²) in [5, 5.41) is 2.67. The number of benzene rings is 1. The third-order valence-electron chi connectivity index (χ3n) is 2.55. The van der Waals surface area contributed by atoms with E-state index in [1.807, 2.05) is 20.8 Å². The lowest BCUT2D eigenvalue weighted by Crippen LogP contribution is -2.43. The Hall–Kier alpha value is -2.57. The number of methoxy groups -OCH3 is 1. The quantitative estimate of drug-likeness (QED) is 0.601. The van der Waals surface area contributed by atoms with E-state index < -0.39 is 17.4 Å². The molecule has 0 bridgehead atoms. The molecule has 0 aliphatic heterocycles. The Bertz CT molecular complexity index is 576. The van der Waals surface area contributed by atoms with E-state index in [0.29, 0.717) is 23.3 Å². The van der Waals surface area contributed by atoms with Crippen LogP contribution in [-0.4, -0.2) is 44.0 Å². The molecule has 0 fully saturated rings. The molecule has 0 heterocycles. The minimum atomic E-state index is -0.685. The highest BCUT2D eigenvalue weighted by Gasteiger charge is 2.16. The molecule has 1 amide bonds. The van der Waals surface area contributed by atoms with E-state index in [0.717, 1.165) is 0 Å². The van der Waals surface area contributed by atoms with Gasteiger partial charge in [0.05, 0.1) is 7.11 Å². The summed E-state index contributed by atoms with van der Waals surface area (Å²) in [5.41, 5.74) is 0.0314. The number of esters is 1. The average Bonchev–Trinajstić information content (AvgIpc) is 2.49. The maximum absolute atomic E-state index is 11.6. The second-order valence-electron chi connectivity index (χ2n) is 5.78. The summed E-state index contributed by atoms with van der Waals surface area (Å²) >= 11 is 0. The van der Waals surface area contributed by atoms with Crippen LogP contribution in [0.2, 0.25) is 0 Å². The van der Waals surface area contributed by atoms with Gasteiger partial charge in [0.15, 0.2) is 24.7 Å². The molecule has 23 heavy (non-hydrogen) atoms. The fraction of sp³-hybridized carbons (Fsp3) is 0.438. The maximum Gasteiger partial charge on any atom is 0.344 e. The molecule has 1 aromatic rings. The zero-order valence-electron chi connectivity index (χ0n) is 13.7. The van der Waals surface area contributed by atoms with Crippen LogP contribution in [-0.2, 0) is 14.3 Å². The smallest absolute Gasteiger partial charge is 0.344 e. The Morgan fingerprint density at radius 1 is 1.17 bits per heavy atom. The van der Waals surface area contributed by atoms with Crippen molar-refractivity contribution in [3.8, 4) is 11.5 Å². The third kappa shape index (κ3) is 6.82. The van der Waals surface area contributed by atoms with Crippen molar-refractivity contribution >= 4 is 18.2 Å². The van der Waals surface area contributed by atoms with Crippen molar-refractivity contribution < 1.29 is 28.6 Å². The van der Waals surface area contributed by atoms with Crippen LogP contribution in [0.4, 0.5) is 0 Å². The number of carbonyl (C=O) groups is 3. The summed E-state index contributed by atoms with van der Waals surface area (Å²) in [5.74, 6) is -0.448. The largest absolute Gasteiger partial charge is 0.493 e. The highest BCUT2D eigenvalue weighted by atomic mass is 16.6. The first-order valence-corrected chi connectivity index (χ1v) is 6.98. The van der Waals surface area contributed by atoms with E-state index in [-0.39, 0.29) is 13.2 Å². The lowest BCUT2D eigenvalue weighted by molar-refractivity contribution is -0.150.